The van der Waals surface area contributed by atoms with Crippen LogP contribution >= 0.6 is 12.2 Å². The fourth-order valence-electron chi connectivity index (χ4n) is 2.05. The summed E-state index contributed by atoms with van der Waals surface area (Å²) in [5.41, 5.74) is 0.810. The molecule has 0 saturated carbocycles. The van der Waals surface area contributed by atoms with Crippen LogP contribution in [0.3, 0.4) is 0 Å². The van der Waals surface area contributed by atoms with Crippen LogP contribution in [0.15, 0.2) is 29.3 Å². The Hall–Kier alpha value is -1.22. The van der Waals surface area contributed by atoms with Gasteiger partial charge in [0, 0.05) is 6.04 Å². The Morgan fingerprint density at radius 3 is 2.82 bits per heavy atom. The first kappa shape index (κ1) is 12.2. The van der Waals surface area contributed by atoms with E-state index in [9.17, 15) is 0 Å². The Morgan fingerprint density at radius 1 is 1.47 bits per heavy atom. The van der Waals surface area contributed by atoms with Crippen LogP contribution in [0, 0.1) is 0 Å². The third kappa shape index (κ3) is 3.37. The molecule has 0 aliphatic carbocycles. The highest BCUT2D eigenvalue weighted by molar-refractivity contribution is 7.78. The van der Waals surface area contributed by atoms with Crippen molar-refractivity contribution in [3.63, 3.8) is 0 Å². The standard InChI is InChI=1S/C13H16N2OS/c1-15-8-2-3-12(15)9-16-13-6-4-11(5-7-13)14-10-17/h4-7,12H,2-3,8-9H2,1H3. The lowest BCUT2D eigenvalue weighted by atomic mass is 10.2. The van der Waals surface area contributed by atoms with Gasteiger partial charge in [-0.2, -0.15) is 4.99 Å². The highest BCUT2D eigenvalue weighted by Gasteiger charge is 2.21. The second-order valence-corrected chi connectivity index (χ2v) is 4.47. The highest BCUT2D eigenvalue weighted by Crippen LogP contribution is 2.20. The molecule has 0 N–H and O–H groups in total. The van der Waals surface area contributed by atoms with Crippen molar-refractivity contribution in [3.8, 4) is 5.75 Å². The van der Waals surface area contributed by atoms with Crippen LogP contribution < -0.4 is 4.74 Å². The summed E-state index contributed by atoms with van der Waals surface area (Å²) in [5.74, 6) is 0.883. The van der Waals surface area contributed by atoms with E-state index >= 15 is 0 Å². The molecule has 1 unspecified atom stereocenters. The van der Waals surface area contributed by atoms with Gasteiger partial charge in [-0.15, -0.1) is 0 Å². The molecule has 2 rings (SSSR count). The number of likely N-dealkylation sites (N-methyl/N-ethyl adjacent to an activating group) is 1. The third-order valence-electron chi connectivity index (χ3n) is 3.13. The van der Waals surface area contributed by atoms with E-state index in [-0.39, 0.29) is 0 Å². The van der Waals surface area contributed by atoms with E-state index in [1.54, 1.807) is 0 Å². The van der Waals surface area contributed by atoms with E-state index in [0.29, 0.717) is 6.04 Å². The zero-order valence-electron chi connectivity index (χ0n) is 9.93. The minimum absolute atomic E-state index is 0.550. The SMILES string of the molecule is CN1CCCC1COc1ccc(N=C=S)cc1. The smallest absolute Gasteiger partial charge is 0.119 e. The largest absolute Gasteiger partial charge is 0.492 e. The fourth-order valence-corrected chi connectivity index (χ4v) is 2.16. The minimum atomic E-state index is 0.550. The van der Waals surface area contributed by atoms with Crippen molar-refractivity contribution in [2.24, 2.45) is 4.99 Å². The molecular formula is C13H16N2OS. The molecule has 0 radical (unpaired) electrons. The van der Waals surface area contributed by atoms with Gasteiger partial charge in [0.1, 0.15) is 12.4 Å². The number of hydrogen-bond acceptors (Lipinski definition) is 4. The number of aliphatic imine (C=N–C) groups is 1. The summed E-state index contributed by atoms with van der Waals surface area (Å²) in [4.78, 5) is 6.25. The molecule has 1 fully saturated rings. The number of isothiocyanates is 1. The lowest BCUT2D eigenvalue weighted by Gasteiger charge is -2.19. The third-order valence-corrected chi connectivity index (χ3v) is 3.22. The van der Waals surface area contributed by atoms with Gasteiger partial charge >= 0.3 is 0 Å². The molecule has 1 aromatic rings. The van der Waals surface area contributed by atoms with Gasteiger partial charge in [0.15, 0.2) is 0 Å². The molecule has 1 saturated heterocycles. The predicted molar refractivity (Wildman–Crippen MR) is 72.3 cm³/mol. The van der Waals surface area contributed by atoms with E-state index in [4.69, 9.17) is 4.74 Å². The molecule has 1 atom stereocenters. The van der Waals surface area contributed by atoms with Crippen LogP contribution in [0.1, 0.15) is 12.8 Å². The number of thiocarbonyl (C=S) groups is 1. The Morgan fingerprint density at radius 2 is 2.24 bits per heavy atom. The number of hydrogen-bond donors (Lipinski definition) is 0. The summed E-state index contributed by atoms with van der Waals surface area (Å²) in [7, 11) is 2.15. The average molecular weight is 248 g/mol. The van der Waals surface area contributed by atoms with E-state index in [0.717, 1.165) is 18.0 Å². The lowest BCUT2D eigenvalue weighted by Crippen LogP contribution is -2.30. The summed E-state index contributed by atoms with van der Waals surface area (Å²) >= 11 is 4.55. The topological polar surface area (TPSA) is 24.8 Å². The number of benzene rings is 1. The second-order valence-electron chi connectivity index (χ2n) is 4.28. The van der Waals surface area contributed by atoms with Crippen LogP contribution in [0.4, 0.5) is 5.69 Å². The predicted octanol–water partition coefficient (Wildman–Crippen LogP) is 2.89. The Labute approximate surface area is 107 Å². The normalized spacial score (nSPS) is 19.9. The maximum absolute atomic E-state index is 5.76. The molecule has 1 aliphatic heterocycles. The van der Waals surface area contributed by atoms with E-state index in [1.807, 2.05) is 24.3 Å². The number of ether oxygens (including phenoxy) is 1. The van der Waals surface area contributed by atoms with Crippen LogP contribution in [-0.2, 0) is 0 Å². The first-order valence-corrected chi connectivity index (χ1v) is 6.21. The monoisotopic (exact) mass is 248 g/mol. The zero-order valence-corrected chi connectivity index (χ0v) is 10.7. The van der Waals surface area contributed by atoms with Gasteiger partial charge in [0.25, 0.3) is 0 Å². The summed E-state index contributed by atoms with van der Waals surface area (Å²) < 4.78 is 5.76. The minimum Gasteiger partial charge on any atom is -0.492 e. The lowest BCUT2D eigenvalue weighted by molar-refractivity contribution is 0.198. The molecule has 0 bridgehead atoms. The molecule has 0 amide bonds. The van der Waals surface area contributed by atoms with Crippen molar-refractivity contribution < 1.29 is 4.74 Å². The van der Waals surface area contributed by atoms with Crippen molar-refractivity contribution in [2.45, 2.75) is 18.9 Å². The average Bonchev–Trinajstić information content (AvgIpc) is 2.75. The van der Waals surface area contributed by atoms with Crippen molar-refractivity contribution in [1.82, 2.24) is 4.90 Å². The van der Waals surface area contributed by atoms with Gasteiger partial charge in [0.2, 0.25) is 0 Å². The fraction of sp³-hybridized carbons (Fsp3) is 0.462. The van der Waals surface area contributed by atoms with Gasteiger partial charge in [-0.1, -0.05) is 0 Å². The molecule has 17 heavy (non-hydrogen) atoms. The van der Waals surface area contributed by atoms with Gasteiger partial charge in [-0.05, 0) is 62.9 Å². The highest BCUT2D eigenvalue weighted by atomic mass is 32.1. The number of rotatable bonds is 4. The molecule has 3 nitrogen and oxygen atoms in total. The summed E-state index contributed by atoms with van der Waals surface area (Å²) in [5, 5.41) is 2.35. The molecule has 4 heteroatoms. The Balaban J connectivity index is 1.88. The van der Waals surface area contributed by atoms with Crippen molar-refractivity contribution in [3.05, 3.63) is 24.3 Å². The summed E-state index contributed by atoms with van der Waals surface area (Å²) in [6.07, 6.45) is 2.50. The zero-order chi connectivity index (χ0) is 12.1. The van der Waals surface area contributed by atoms with Gasteiger partial charge < -0.3 is 9.64 Å². The Bertz CT molecular complexity index is 412. The second kappa shape index (κ2) is 5.92. The van der Waals surface area contributed by atoms with Crippen LogP contribution in [0.2, 0.25) is 0 Å². The van der Waals surface area contributed by atoms with Gasteiger partial charge in [-0.3, -0.25) is 0 Å². The molecule has 1 aromatic carbocycles. The maximum atomic E-state index is 5.76. The van der Waals surface area contributed by atoms with Crippen molar-refractivity contribution in [2.75, 3.05) is 20.2 Å². The molecule has 1 heterocycles. The van der Waals surface area contributed by atoms with Crippen LogP contribution in [0.5, 0.6) is 5.75 Å². The maximum Gasteiger partial charge on any atom is 0.119 e. The van der Waals surface area contributed by atoms with Crippen molar-refractivity contribution >= 4 is 23.1 Å². The van der Waals surface area contributed by atoms with E-state index in [1.165, 1.54) is 19.4 Å². The molecular weight excluding hydrogens is 232 g/mol. The van der Waals surface area contributed by atoms with Gasteiger partial charge in [0.05, 0.1) is 10.8 Å². The number of nitrogens with zero attached hydrogens (tertiary/aromatic N) is 2. The molecule has 1 aliphatic rings. The van der Waals surface area contributed by atoms with Crippen LogP contribution in [0.25, 0.3) is 0 Å². The quantitative estimate of drug-likeness (QED) is 0.605. The first-order chi connectivity index (χ1) is 8.29. The molecule has 90 valence electrons. The molecule has 0 aromatic heterocycles. The van der Waals surface area contributed by atoms with Crippen LogP contribution in [-0.4, -0.2) is 36.3 Å². The van der Waals surface area contributed by atoms with E-state index < -0.39 is 0 Å². The van der Waals surface area contributed by atoms with E-state index in [2.05, 4.69) is 34.3 Å². The Kier molecular flexibility index (Phi) is 4.26. The first-order valence-electron chi connectivity index (χ1n) is 5.80. The summed E-state index contributed by atoms with van der Waals surface area (Å²) in [6.45, 7) is 1.93. The van der Waals surface area contributed by atoms with Gasteiger partial charge in [-0.25, -0.2) is 0 Å². The molecule has 0 spiro atoms. The van der Waals surface area contributed by atoms with Crippen molar-refractivity contribution in [1.29, 1.82) is 0 Å². The summed E-state index contributed by atoms with van der Waals surface area (Å²) in [6, 6.07) is 8.15. The number of likely N-dealkylation sites (tertiary alicyclic amines) is 1.